The molecule has 1 saturated carbocycles. The van der Waals surface area contributed by atoms with Crippen LogP contribution in [0.3, 0.4) is 0 Å². The molecule has 2 heteroatoms. The molecule has 0 bridgehead atoms. The molecule has 0 amide bonds. The van der Waals surface area contributed by atoms with Gasteiger partial charge >= 0.3 is 0 Å². The van der Waals surface area contributed by atoms with Gasteiger partial charge in [-0.25, -0.2) is 0 Å². The highest BCUT2D eigenvalue weighted by Gasteiger charge is 2.17. The van der Waals surface area contributed by atoms with E-state index in [0.717, 1.165) is 19.0 Å². The lowest BCUT2D eigenvalue weighted by Crippen LogP contribution is -2.30. The van der Waals surface area contributed by atoms with E-state index >= 15 is 0 Å². The van der Waals surface area contributed by atoms with Crippen molar-refractivity contribution in [2.45, 2.75) is 32.6 Å². The molecule has 0 radical (unpaired) electrons. The van der Waals surface area contributed by atoms with Crippen LogP contribution in [0, 0.1) is 11.8 Å². The van der Waals surface area contributed by atoms with Gasteiger partial charge < -0.3 is 10.6 Å². The van der Waals surface area contributed by atoms with Gasteiger partial charge in [-0.15, -0.1) is 0 Å². The van der Waals surface area contributed by atoms with Gasteiger partial charge in [0, 0.05) is 6.54 Å². The fourth-order valence-corrected chi connectivity index (χ4v) is 1.88. The fraction of sp³-hybridized carbons (Fsp3) is 1.00. The molecule has 0 aliphatic heterocycles. The highest BCUT2D eigenvalue weighted by molar-refractivity contribution is 4.71. The highest BCUT2D eigenvalue weighted by Crippen LogP contribution is 2.29. The van der Waals surface area contributed by atoms with Crippen molar-refractivity contribution >= 4 is 0 Å². The molecular formula is C11H24N2. The summed E-state index contributed by atoms with van der Waals surface area (Å²) in [5.74, 6) is 1.68. The fourth-order valence-electron chi connectivity index (χ4n) is 1.88. The second-order valence-corrected chi connectivity index (χ2v) is 4.69. The molecule has 2 nitrogen and oxygen atoms in total. The molecule has 1 aliphatic rings. The van der Waals surface area contributed by atoms with Crippen LogP contribution in [0.1, 0.15) is 32.6 Å². The smallest absolute Gasteiger partial charge is 0.00160 e. The van der Waals surface area contributed by atoms with Gasteiger partial charge in [-0.05, 0) is 38.4 Å². The van der Waals surface area contributed by atoms with Crippen LogP contribution in [0.2, 0.25) is 0 Å². The van der Waals surface area contributed by atoms with E-state index in [1.807, 2.05) is 0 Å². The third kappa shape index (κ3) is 4.10. The Bertz CT molecular complexity index is 132. The quantitative estimate of drug-likeness (QED) is 0.681. The van der Waals surface area contributed by atoms with E-state index in [-0.39, 0.29) is 0 Å². The molecule has 0 aromatic heterocycles. The molecular weight excluding hydrogens is 160 g/mol. The predicted molar refractivity (Wildman–Crippen MR) is 57.7 cm³/mol. The molecule has 0 spiro atoms. The van der Waals surface area contributed by atoms with Crippen LogP contribution in [-0.4, -0.2) is 31.6 Å². The summed E-state index contributed by atoms with van der Waals surface area (Å²) >= 11 is 0. The van der Waals surface area contributed by atoms with E-state index < -0.39 is 0 Å². The van der Waals surface area contributed by atoms with Crippen molar-refractivity contribution in [1.82, 2.24) is 4.90 Å². The maximum atomic E-state index is 5.59. The van der Waals surface area contributed by atoms with E-state index in [0.29, 0.717) is 5.92 Å². The minimum absolute atomic E-state index is 0.645. The number of nitrogens with zero attached hydrogens (tertiary/aromatic N) is 1. The highest BCUT2D eigenvalue weighted by atomic mass is 15.1. The molecule has 0 aromatic rings. The average molecular weight is 184 g/mol. The molecule has 2 N–H and O–H groups in total. The van der Waals surface area contributed by atoms with Gasteiger partial charge in [0.1, 0.15) is 0 Å². The molecule has 1 atom stereocenters. The molecule has 0 aromatic carbocycles. The van der Waals surface area contributed by atoms with Crippen molar-refractivity contribution in [2.24, 2.45) is 17.6 Å². The summed E-state index contributed by atoms with van der Waals surface area (Å²) < 4.78 is 0. The van der Waals surface area contributed by atoms with Crippen molar-refractivity contribution in [1.29, 1.82) is 0 Å². The van der Waals surface area contributed by atoms with Crippen LogP contribution in [0.5, 0.6) is 0 Å². The average Bonchev–Trinajstić information content (AvgIpc) is 2.01. The molecule has 78 valence electrons. The first-order valence-electron chi connectivity index (χ1n) is 5.61. The van der Waals surface area contributed by atoms with Crippen molar-refractivity contribution in [3.05, 3.63) is 0 Å². The molecule has 0 heterocycles. The topological polar surface area (TPSA) is 29.3 Å². The summed E-state index contributed by atoms with van der Waals surface area (Å²) in [5, 5.41) is 0. The van der Waals surface area contributed by atoms with Crippen molar-refractivity contribution in [2.75, 3.05) is 26.7 Å². The predicted octanol–water partition coefficient (Wildman–Crippen LogP) is 1.70. The Kier molecular flexibility index (Phi) is 4.74. The zero-order valence-electron chi connectivity index (χ0n) is 9.13. The van der Waals surface area contributed by atoms with E-state index in [1.54, 1.807) is 0 Å². The molecule has 1 rings (SSSR count). The lowest BCUT2D eigenvalue weighted by Gasteiger charge is -2.28. The third-order valence-corrected chi connectivity index (χ3v) is 3.17. The first-order valence-corrected chi connectivity index (χ1v) is 5.61. The van der Waals surface area contributed by atoms with Crippen LogP contribution >= 0.6 is 0 Å². The normalized spacial score (nSPS) is 20.3. The zero-order valence-corrected chi connectivity index (χ0v) is 9.13. The maximum Gasteiger partial charge on any atom is 0.00160 e. The Balaban J connectivity index is 1.99. The van der Waals surface area contributed by atoms with Crippen LogP contribution < -0.4 is 5.73 Å². The van der Waals surface area contributed by atoms with Crippen molar-refractivity contribution < 1.29 is 0 Å². The summed E-state index contributed by atoms with van der Waals surface area (Å²) in [5.41, 5.74) is 5.59. The van der Waals surface area contributed by atoms with Crippen LogP contribution in [0.15, 0.2) is 0 Å². The van der Waals surface area contributed by atoms with Gasteiger partial charge in [0.2, 0.25) is 0 Å². The Morgan fingerprint density at radius 3 is 2.62 bits per heavy atom. The minimum atomic E-state index is 0.645. The maximum absolute atomic E-state index is 5.59. The Labute approximate surface area is 82.5 Å². The summed E-state index contributed by atoms with van der Waals surface area (Å²) in [6.07, 6.45) is 5.81. The van der Waals surface area contributed by atoms with E-state index in [2.05, 4.69) is 18.9 Å². The summed E-state index contributed by atoms with van der Waals surface area (Å²) in [6.45, 7) is 5.45. The summed E-state index contributed by atoms with van der Waals surface area (Å²) in [6, 6.07) is 0. The second kappa shape index (κ2) is 5.61. The van der Waals surface area contributed by atoms with E-state index in [4.69, 9.17) is 5.73 Å². The molecule has 13 heavy (non-hydrogen) atoms. The van der Waals surface area contributed by atoms with Gasteiger partial charge in [0.05, 0.1) is 0 Å². The second-order valence-electron chi connectivity index (χ2n) is 4.69. The van der Waals surface area contributed by atoms with Crippen LogP contribution in [0.25, 0.3) is 0 Å². The SMILES string of the molecule is CC(CN)CN(C)CCC1CCC1. The third-order valence-electron chi connectivity index (χ3n) is 3.17. The summed E-state index contributed by atoms with van der Waals surface area (Å²) in [4.78, 5) is 2.43. The number of hydrogen-bond acceptors (Lipinski definition) is 2. The van der Waals surface area contributed by atoms with Gasteiger partial charge in [0.25, 0.3) is 0 Å². The first-order chi connectivity index (χ1) is 6.22. The lowest BCUT2D eigenvalue weighted by molar-refractivity contribution is 0.224. The first kappa shape index (κ1) is 11.0. The minimum Gasteiger partial charge on any atom is -0.330 e. The van der Waals surface area contributed by atoms with E-state index in [9.17, 15) is 0 Å². The molecule has 1 fully saturated rings. The molecule has 1 aliphatic carbocycles. The van der Waals surface area contributed by atoms with Crippen molar-refractivity contribution in [3.63, 3.8) is 0 Å². The number of nitrogens with two attached hydrogens (primary N) is 1. The summed E-state index contributed by atoms with van der Waals surface area (Å²) in [7, 11) is 2.21. The largest absolute Gasteiger partial charge is 0.330 e. The number of hydrogen-bond donors (Lipinski definition) is 1. The van der Waals surface area contributed by atoms with Gasteiger partial charge in [-0.3, -0.25) is 0 Å². The van der Waals surface area contributed by atoms with Gasteiger partial charge in [-0.2, -0.15) is 0 Å². The van der Waals surface area contributed by atoms with Crippen LogP contribution in [0.4, 0.5) is 0 Å². The zero-order chi connectivity index (χ0) is 9.68. The van der Waals surface area contributed by atoms with Crippen LogP contribution in [-0.2, 0) is 0 Å². The monoisotopic (exact) mass is 184 g/mol. The van der Waals surface area contributed by atoms with E-state index in [1.165, 1.54) is 32.2 Å². The Hall–Kier alpha value is -0.0800. The lowest BCUT2D eigenvalue weighted by atomic mass is 9.83. The number of rotatable bonds is 6. The Morgan fingerprint density at radius 1 is 1.46 bits per heavy atom. The Morgan fingerprint density at radius 2 is 2.15 bits per heavy atom. The van der Waals surface area contributed by atoms with Gasteiger partial charge in [-0.1, -0.05) is 26.2 Å². The molecule has 0 saturated heterocycles. The molecule has 1 unspecified atom stereocenters. The standard InChI is InChI=1S/C11H24N2/c1-10(8-12)9-13(2)7-6-11-4-3-5-11/h10-11H,3-9,12H2,1-2H3. The van der Waals surface area contributed by atoms with Gasteiger partial charge in [0.15, 0.2) is 0 Å². The van der Waals surface area contributed by atoms with Crippen molar-refractivity contribution in [3.8, 4) is 0 Å².